The van der Waals surface area contributed by atoms with Crippen molar-refractivity contribution in [3.8, 4) is 5.75 Å². The lowest BCUT2D eigenvalue weighted by Gasteiger charge is -2.31. The number of para-hydroxylation sites is 1. The van der Waals surface area contributed by atoms with Crippen molar-refractivity contribution in [3.05, 3.63) is 29.3 Å². The van der Waals surface area contributed by atoms with E-state index >= 15 is 0 Å². The van der Waals surface area contributed by atoms with Crippen molar-refractivity contribution in [2.24, 2.45) is 0 Å². The zero-order valence-electron chi connectivity index (χ0n) is 11.1. The summed E-state index contributed by atoms with van der Waals surface area (Å²) in [6.45, 7) is 9.35. The van der Waals surface area contributed by atoms with Gasteiger partial charge in [-0.25, -0.2) is 0 Å². The number of aryl methyl sites for hydroxylation is 2. The van der Waals surface area contributed by atoms with Crippen LogP contribution in [0.15, 0.2) is 18.2 Å². The number of hydrogen-bond acceptors (Lipinski definition) is 2. The van der Waals surface area contributed by atoms with Crippen molar-refractivity contribution in [2.45, 2.75) is 39.7 Å². The van der Waals surface area contributed by atoms with Crippen molar-refractivity contribution < 1.29 is 4.74 Å². The minimum atomic E-state index is -0.133. The van der Waals surface area contributed by atoms with E-state index in [4.69, 9.17) is 4.74 Å². The fourth-order valence-electron chi connectivity index (χ4n) is 1.81. The first kappa shape index (κ1) is 13.0. The molecule has 2 nitrogen and oxygen atoms in total. The van der Waals surface area contributed by atoms with Crippen molar-refractivity contribution in [1.82, 2.24) is 5.32 Å². The zero-order chi connectivity index (χ0) is 12.2. The van der Waals surface area contributed by atoms with E-state index in [9.17, 15) is 0 Å². The highest BCUT2D eigenvalue weighted by molar-refractivity contribution is 5.40. The monoisotopic (exact) mass is 221 g/mol. The largest absolute Gasteiger partial charge is 0.486 e. The topological polar surface area (TPSA) is 21.3 Å². The van der Waals surface area contributed by atoms with Gasteiger partial charge >= 0.3 is 0 Å². The molecule has 0 amide bonds. The van der Waals surface area contributed by atoms with Gasteiger partial charge in [-0.05, 0) is 45.4 Å². The molecule has 0 bridgehead atoms. The fourth-order valence-corrected chi connectivity index (χ4v) is 1.81. The van der Waals surface area contributed by atoms with Crippen LogP contribution in [0, 0.1) is 13.8 Å². The predicted octanol–water partition coefficient (Wildman–Crippen LogP) is 3.07. The molecule has 0 spiro atoms. The molecule has 0 aliphatic rings. The molecule has 2 heteroatoms. The second-order valence-corrected chi connectivity index (χ2v) is 4.66. The molecule has 0 aliphatic heterocycles. The van der Waals surface area contributed by atoms with Crippen molar-refractivity contribution in [1.29, 1.82) is 0 Å². The predicted molar refractivity (Wildman–Crippen MR) is 69.2 cm³/mol. The van der Waals surface area contributed by atoms with Crippen LogP contribution in [0.4, 0.5) is 0 Å². The van der Waals surface area contributed by atoms with Crippen LogP contribution in [-0.4, -0.2) is 19.2 Å². The maximum absolute atomic E-state index is 6.19. The summed E-state index contributed by atoms with van der Waals surface area (Å²) < 4.78 is 6.19. The van der Waals surface area contributed by atoms with Crippen LogP contribution in [-0.2, 0) is 0 Å². The molecule has 0 saturated carbocycles. The molecule has 16 heavy (non-hydrogen) atoms. The summed E-state index contributed by atoms with van der Waals surface area (Å²) in [7, 11) is 1.96. The van der Waals surface area contributed by atoms with E-state index in [-0.39, 0.29) is 5.60 Å². The Bertz CT molecular complexity index is 328. The number of likely N-dealkylation sites (N-methyl/N-ethyl adjacent to an activating group) is 1. The Balaban J connectivity index is 2.94. The van der Waals surface area contributed by atoms with E-state index in [1.165, 1.54) is 11.1 Å². The number of benzene rings is 1. The molecular formula is C14H23NO. The zero-order valence-corrected chi connectivity index (χ0v) is 11.1. The first-order valence-electron chi connectivity index (χ1n) is 5.92. The number of ether oxygens (including phenoxy) is 1. The lowest BCUT2D eigenvalue weighted by Crippen LogP contribution is -2.41. The third-order valence-electron chi connectivity index (χ3n) is 3.06. The van der Waals surface area contributed by atoms with Crippen LogP contribution in [0.2, 0.25) is 0 Å². The third kappa shape index (κ3) is 2.99. The average Bonchev–Trinajstić information content (AvgIpc) is 2.24. The first-order valence-corrected chi connectivity index (χ1v) is 5.92. The highest BCUT2D eigenvalue weighted by Crippen LogP contribution is 2.27. The van der Waals surface area contributed by atoms with Gasteiger partial charge in [-0.1, -0.05) is 25.1 Å². The van der Waals surface area contributed by atoms with Gasteiger partial charge in [0.2, 0.25) is 0 Å². The van der Waals surface area contributed by atoms with E-state index in [0.29, 0.717) is 0 Å². The Labute approximate surface area is 99.0 Å². The standard InChI is InChI=1S/C14H23NO/c1-6-14(4,10-15-5)16-13-11(2)8-7-9-12(13)3/h7-9,15H,6,10H2,1-5H3. The minimum absolute atomic E-state index is 0.133. The number of hydrogen-bond donors (Lipinski definition) is 1. The van der Waals surface area contributed by atoms with Gasteiger partial charge in [0.25, 0.3) is 0 Å². The molecule has 0 saturated heterocycles. The highest BCUT2D eigenvalue weighted by atomic mass is 16.5. The summed E-state index contributed by atoms with van der Waals surface area (Å²) >= 11 is 0. The molecule has 1 atom stereocenters. The molecule has 0 heterocycles. The summed E-state index contributed by atoms with van der Waals surface area (Å²) in [5.41, 5.74) is 2.28. The van der Waals surface area contributed by atoms with E-state index in [2.05, 4.69) is 51.2 Å². The van der Waals surface area contributed by atoms with E-state index in [1.807, 2.05) is 7.05 Å². The van der Waals surface area contributed by atoms with Gasteiger partial charge in [-0.2, -0.15) is 0 Å². The van der Waals surface area contributed by atoms with E-state index < -0.39 is 0 Å². The minimum Gasteiger partial charge on any atom is -0.486 e. The van der Waals surface area contributed by atoms with Gasteiger partial charge in [0.1, 0.15) is 11.4 Å². The second kappa shape index (κ2) is 5.35. The van der Waals surface area contributed by atoms with Gasteiger partial charge in [0.15, 0.2) is 0 Å². The summed E-state index contributed by atoms with van der Waals surface area (Å²) in [6.07, 6.45) is 0.988. The van der Waals surface area contributed by atoms with Crippen LogP contribution in [0.3, 0.4) is 0 Å². The Kier molecular flexibility index (Phi) is 4.36. The van der Waals surface area contributed by atoms with Crippen LogP contribution in [0.5, 0.6) is 5.75 Å². The van der Waals surface area contributed by atoms with Gasteiger partial charge in [0.05, 0.1) is 0 Å². The van der Waals surface area contributed by atoms with Gasteiger partial charge < -0.3 is 10.1 Å². The van der Waals surface area contributed by atoms with Gasteiger partial charge in [-0.3, -0.25) is 0 Å². The van der Waals surface area contributed by atoms with Crippen LogP contribution >= 0.6 is 0 Å². The quantitative estimate of drug-likeness (QED) is 0.825. The van der Waals surface area contributed by atoms with Crippen LogP contribution in [0.25, 0.3) is 0 Å². The molecule has 1 aromatic carbocycles. The van der Waals surface area contributed by atoms with Gasteiger partial charge in [0, 0.05) is 6.54 Å². The summed E-state index contributed by atoms with van der Waals surface area (Å²) in [5, 5.41) is 3.19. The molecule has 0 aromatic heterocycles. The van der Waals surface area contributed by atoms with Crippen molar-refractivity contribution >= 4 is 0 Å². The molecule has 1 unspecified atom stereocenters. The molecule has 1 rings (SSSR count). The normalized spacial score (nSPS) is 14.6. The maximum Gasteiger partial charge on any atom is 0.126 e. The second-order valence-electron chi connectivity index (χ2n) is 4.66. The average molecular weight is 221 g/mol. The Morgan fingerprint density at radius 3 is 2.25 bits per heavy atom. The lowest BCUT2D eigenvalue weighted by atomic mass is 10.0. The summed E-state index contributed by atoms with van der Waals surface area (Å²) in [6, 6.07) is 6.26. The molecule has 1 N–H and O–H groups in total. The Hall–Kier alpha value is -1.02. The molecular weight excluding hydrogens is 198 g/mol. The lowest BCUT2D eigenvalue weighted by molar-refractivity contribution is 0.0841. The van der Waals surface area contributed by atoms with Gasteiger partial charge in [-0.15, -0.1) is 0 Å². The Morgan fingerprint density at radius 1 is 1.25 bits per heavy atom. The number of nitrogens with one attached hydrogen (secondary N) is 1. The summed E-state index contributed by atoms with van der Waals surface area (Å²) in [4.78, 5) is 0. The summed E-state index contributed by atoms with van der Waals surface area (Å²) in [5.74, 6) is 1.03. The number of rotatable bonds is 5. The molecule has 1 aromatic rings. The molecule has 90 valence electrons. The Morgan fingerprint density at radius 2 is 1.81 bits per heavy atom. The molecule has 0 radical (unpaired) electrons. The molecule has 0 aliphatic carbocycles. The maximum atomic E-state index is 6.19. The fraction of sp³-hybridized carbons (Fsp3) is 0.571. The molecule has 0 fully saturated rings. The highest BCUT2D eigenvalue weighted by Gasteiger charge is 2.24. The van der Waals surface area contributed by atoms with Crippen molar-refractivity contribution in [3.63, 3.8) is 0 Å². The SMILES string of the molecule is CCC(C)(CNC)Oc1c(C)cccc1C. The van der Waals surface area contributed by atoms with Crippen molar-refractivity contribution in [2.75, 3.05) is 13.6 Å². The van der Waals surface area contributed by atoms with Crippen LogP contribution in [0.1, 0.15) is 31.4 Å². The van der Waals surface area contributed by atoms with E-state index in [0.717, 1.165) is 18.7 Å². The van der Waals surface area contributed by atoms with Crippen LogP contribution < -0.4 is 10.1 Å². The smallest absolute Gasteiger partial charge is 0.126 e. The third-order valence-corrected chi connectivity index (χ3v) is 3.06. The first-order chi connectivity index (χ1) is 7.52. The van der Waals surface area contributed by atoms with E-state index in [1.54, 1.807) is 0 Å².